The van der Waals surface area contributed by atoms with Gasteiger partial charge in [-0.2, -0.15) is 0 Å². The molecule has 0 bridgehead atoms. The summed E-state index contributed by atoms with van der Waals surface area (Å²) in [4.78, 5) is 4.58. The molecule has 4 rings (SSSR count). The van der Waals surface area contributed by atoms with Crippen LogP contribution in [0.2, 0.25) is 0 Å². The van der Waals surface area contributed by atoms with E-state index in [1.54, 1.807) is 10.9 Å². The zero-order chi connectivity index (χ0) is 20.7. The van der Waals surface area contributed by atoms with Crippen LogP contribution in [-0.2, 0) is 0 Å². The van der Waals surface area contributed by atoms with E-state index in [4.69, 9.17) is 9.47 Å². The van der Waals surface area contributed by atoms with E-state index in [0.717, 1.165) is 11.0 Å². The Morgan fingerprint density at radius 3 is 2.48 bits per heavy atom. The SMILES string of the molecule is COc1cc(-c2nnc(OC)n2-c2cccc3c2ncn3C(C)C)c(O)cc1O. The minimum atomic E-state index is -0.176. The summed E-state index contributed by atoms with van der Waals surface area (Å²) in [5, 5.41) is 28.7. The van der Waals surface area contributed by atoms with Crippen molar-refractivity contribution in [2.75, 3.05) is 14.2 Å². The molecular formula is C20H21N5O4. The summed E-state index contributed by atoms with van der Waals surface area (Å²) in [6.45, 7) is 4.17. The first-order chi connectivity index (χ1) is 14.0. The van der Waals surface area contributed by atoms with Crippen molar-refractivity contribution < 1.29 is 19.7 Å². The maximum atomic E-state index is 10.5. The molecule has 0 aliphatic carbocycles. The number of hydrogen-bond donors (Lipinski definition) is 2. The second kappa shape index (κ2) is 7.01. The molecule has 4 aromatic rings. The first-order valence-corrected chi connectivity index (χ1v) is 9.02. The van der Waals surface area contributed by atoms with Crippen molar-refractivity contribution >= 4 is 11.0 Å². The molecule has 0 aliphatic rings. The number of phenols is 2. The Morgan fingerprint density at radius 2 is 1.79 bits per heavy atom. The third-order valence-electron chi connectivity index (χ3n) is 4.73. The lowest BCUT2D eigenvalue weighted by atomic mass is 10.1. The van der Waals surface area contributed by atoms with Gasteiger partial charge in [0.2, 0.25) is 0 Å². The van der Waals surface area contributed by atoms with Crippen molar-refractivity contribution in [3.8, 4) is 40.3 Å². The number of aromatic hydroxyl groups is 2. The summed E-state index contributed by atoms with van der Waals surface area (Å²) in [6, 6.07) is 8.96. The molecule has 0 radical (unpaired) electrons. The van der Waals surface area contributed by atoms with Crippen LogP contribution in [0.25, 0.3) is 28.1 Å². The lowest BCUT2D eigenvalue weighted by Gasteiger charge is -2.13. The molecule has 29 heavy (non-hydrogen) atoms. The van der Waals surface area contributed by atoms with Gasteiger partial charge in [0.25, 0.3) is 0 Å². The topological polar surface area (TPSA) is 107 Å². The maximum Gasteiger partial charge on any atom is 0.321 e. The number of ether oxygens (including phenoxy) is 2. The lowest BCUT2D eigenvalue weighted by Crippen LogP contribution is -2.03. The van der Waals surface area contributed by atoms with Crippen LogP contribution in [0.4, 0.5) is 0 Å². The van der Waals surface area contributed by atoms with Crippen LogP contribution in [-0.4, -0.2) is 48.7 Å². The Kier molecular flexibility index (Phi) is 4.50. The Labute approximate surface area is 166 Å². The van der Waals surface area contributed by atoms with E-state index in [1.807, 2.05) is 18.2 Å². The van der Waals surface area contributed by atoms with E-state index in [1.165, 1.54) is 26.4 Å². The van der Waals surface area contributed by atoms with Gasteiger partial charge < -0.3 is 24.3 Å². The molecule has 0 amide bonds. The fourth-order valence-electron chi connectivity index (χ4n) is 3.33. The summed E-state index contributed by atoms with van der Waals surface area (Å²) in [5.41, 5.74) is 2.72. The van der Waals surface area contributed by atoms with Crippen molar-refractivity contribution in [2.45, 2.75) is 19.9 Å². The average Bonchev–Trinajstić information content (AvgIpc) is 3.32. The van der Waals surface area contributed by atoms with E-state index in [9.17, 15) is 10.2 Å². The van der Waals surface area contributed by atoms with E-state index < -0.39 is 0 Å². The summed E-state index contributed by atoms with van der Waals surface area (Å²) in [7, 11) is 2.93. The zero-order valence-corrected chi connectivity index (χ0v) is 16.5. The molecule has 0 aliphatic heterocycles. The van der Waals surface area contributed by atoms with Gasteiger partial charge in [0.1, 0.15) is 11.3 Å². The van der Waals surface area contributed by atoms with Crippen LogP contribution >= 0.6 is 0 Å². The normalized spacial score (nSPS) is 11.3. The highest BCUT2D eigenvalue weighted by Gasteiger charge is 2.23. The van der Waals surface area contributed by atoms with Crippen LogP contribution in [0.3, 0.4) is 0 Å². The number of fused-ring (bicyclic) bond motifs is 1. The largest absolute Gasteiger partial charge is 0.507 e. The lowest BCUT2D eigenvalue weighted by molar-refractivity contribution is 0.369. The van der Waals surface area contributed by atoms with Gasteiger partial charge in [-0.1, -0.05) is 11.2 Å². The van der Waals surface area contributed by atoms with E-state index in [0.29, 0.717) is 17.1 Å². The maximum absolute atomic E-state index is 10.5. The van der Waals surface area contributed by atoms with Gasteiger partial charge in [0.15, 0.2) is 17.3 Å². The molecule has 0 spiro atoms. The highest BCUT2D eigenvalue weighted by Crippen LogP contribution is 2.40. The fraction of sp³-hybridized carbons (Fsp3) is 0.250. The second-order valence-corrected chi connectivity index (χ2v) is 6.78. The van der Waals surface area contributed by atoms with Crippen LogP contribution in [0.5, 0.6) is 23.3 Å². The Bertz CT molecular complexity index is 1200. The highest BCUT2D eigenvalue weighted by atomic mass is 16.5. The minimum absolute atomic E-state index is 0.167. The number of nitrogens with zero attached hydrogens (tertiary/aromatic N) is 5. The Hall–Kier alpha value is -3.75. The monoisotopic (exact) mass is 395 g/mol. The Morgan fingerprint density at radius 1 is 1.00 bits per heavy atom. The average molecular weight is 395 g/mol. The molecule has 2 heterocycles. The summed E-state index contributed by atoms with van der Waals surface area (Å²) < 4.78 is 14.3. The summed E-state index contributed by atoms with van der Waals surface area (Å²) in [6.07, 6.45) is 1.79. The zero-order valence-electron chi connectivity index (χ0n) is 16.5. The minimum Gasteiger partial charge on any atom is -0.507 e. The number of rotatable bonds is 5. The van der Waals surface area contributed by atoms with Crippen LogP contribution in [0.15, 0.2) is 36.7 Å². The smallest absolute Gasteiger partial charge is 0.321 e. The quantitative estimate of drug-likeness (QED) is 0.534. The number of aromatic nitrogens is 5. The molecular weight excluding hydrogens is 374 g/mol. The number of hydrogen-bond acceptors (Lipinski definition) is 7. The summed E-state index contributed by atoms with van der Waals surface area (Å²) in [5.74, 6) is 0.182. The predicted molar refractivity (Wildman–Crippen MR) is 107 cm³/mol. The van der Waals surface area contributed by atoms with Gasteiger partial charge in [-0.25, -0.2) is 9.55 Å². The molecule has 150 valence electrons. The molecule has 0 saturated carbocycles. The number of benzene rings is 2. The number of phenolic OH excluding ortho intramolecular Hbond substituents is 2. The van der Waals surface area contributed by atoms with Gasteiger partial charge in [-0.15, -0.1) is 5.10 Å². The molecule has 0 atom stereocenters. The van der Waals surface area contributed by atoms with Crippen LogP contribution in [0.1, 0.15) is 19.9 Å². The molecule has 9 heteroatoms. The molecule has 0 saturated heterocycles. The van der Waals surface area contributed by atoms with Gasteiger partial charge in [-0.3, -0.25) is 0 Å². The van der Waals surface area contributed by atoms with Crippen LogP contribution in [0, 0.1) is 0 Å². The van der Waals surface area contributed by atoms with Gasteiger partial charge in [0, 0.05) is 12.1 Å². The number of imidazole rings is 1. The molecule has 9 nitrogen and oxygen atoms in total. The second-order valence-electron chi connectivity index (χ2n) is 6.78. The van der Waals surface area contributed by atoms with Crippen molar-refractivity contribution in [3.05, 3.63) is 36.7 Å². The third-order valence-corrected chi connectivity index (χ3v) is 4.73. The third kappa shape index (κ3) is 2.91. The molecule has 0 unspecified atom stereocenters. The van der Waals surface area contributed by atoms with E-state index in [2.05, 4.69) is 33.6 Å². The Balaban J connectivity index is 2.00. The number of methoxy groups -OCH3 is 2. The van der Waals surface area contributed by atoms with Gasteiger partial charge >= 0.3 is 6.01 Å². The van der Waals surface area contributed by atoms with Crippen molar-refractivity contribution in [3.63, 3.8) is 0 Å². The van der Waals surface area contributed by atoms with E-state index in [-0.39, 0.29) is 29.3 Å². The number of para-hydroxylation sites is 1. The standard InChI is InChI=1S/C20H21N5O4/c1-11(2)24-10-21-18-13(24)6-5-7-14(18)25-19(22-23-20(25)29-4)12-8-17(28-3)16(27)9-15(12)26/h5-11,26-27H,1-4H3. The first kappa shape index (κ1) is 18.6. The molecule has 2 N–H and O–H groups in total. The fourth-order valence-corrected chi connectivity index (χ4v) is 3.33. The van der Waals surface area contributed by atoms with Crippen molar-refractivity contribution in [2.24, 2.45) is 0 Å². The van der Waals surface area contributed by atoms with Crippen LogP contribution < -0.4 is 9.47 Å². The van der Waals surface area contributed by atoms with Crippen molar-refractivity contribution in [1.29, 1.82) is 0 Å². The van der Waals surface area contributed by atoms with E-state index >= 15 is 0 Å². The van der Waals surface area contributed by atoms with Gasteiger partial charge in [0.05, 0.1) is 37.3 Å². The molecule has 2 aromatic carbocycles. The van der Waals surface area contributed by atoms with Gasteiger partial charge in [-0.05, 0) is 32.0 Å². The molecule has 2 aromatic heterocycles. The summed E-state index contributed by atoms with van der Waals surface area (Å²) >= 11 is 0. The van der Waals surface area contributed by atoms with Crippen molar-refractivity contribution in [1.82, 2.24) is 24.3 Å². The molecule has 0 fully saturated rings. The predicted octanol–water partition coefficient (Wildman–Crippen LogP) is 3.29. The highest BCUT2D eigenvalue weighted by molar-refractivity contribution is 5.86. The first-order valence-electron chi connectivity index (χ1n) is 9.02.